The second-order valence-corrected chi connectivity index (χ2v) is 5.12. The number of nitrogens with one attached hydrogen (secondary N) is 1. The highest BCUT2D eigenvalue weighted by molar-refractivity contribution is 5.64. The first kappa shape index (κ1) is 12.2. The van der Waals surface area contributed by atoms with E-state index in [-0.39, 0.29) is 11.7 Å². The SMILES string of the molecule is CC(C)c1nc2c(c(-c3ccc(F)cc3)n1)CNC2. The lowest BCUT2D eigenvalue weighted by atomic mass is 10.0. The molecule has 2 aromatic rings. The molecule has 0 radical (unpaired) electrons. The molecule has 0 aliphatic carbocycles. The van der Waals surface area contributed by atoms with Gasteiger partial charge in [0.25, 0.3) is 0 Å². The van der Waals surface area contributed by atoms with Crippen LogP contribution >= 0.6 is 0 Å². The molecule has 1 aromatic heterocycles. The molecule has 19 heavy (non-hydrogen) atoms. The van der Waals surface area contributed by atoms with Crippen LogP contribution in [0.4, 0.5) is 4.39 Å². The van der Waals surface area contributed by atoms with Gasteiger partial charge in [-0.05, 0) is 24.3 Å². The van der Waals surface area contributed by atoms with Crippen molar-refractivity contribution in [3.8, 4) is 11.3 Å². The van der Waals surface area contributed by atoms with E-state index < -0.39 is 0 Å². The number of benzene rings is 1. The van der Waals surface area contributed by atoms with Gasteiger partial charge in [-0.2, -0.15) is 0 Å². The number of nitrogens with zero attached hydrogens (tertiary/aromatic N) is 2. The normalized spacial score (nSPS) is 13.9. The van der Waals surface area contributed by atoms with Gasteiger partial charge < -0.3 is 5.32 Å². The van der Waals surface area contributed by atoms with Crippen molar-refractivity contribution in [3.05, 3.63) is 47.2 Å². The van der Waals surface area contributed by atoms with Gasteiger partial charge in [-0.15, -0.1) is 0 Å². The molecule has 1 aromatic carbocycles. The molecule has 1 aliphatic heterocycles. The van der Waals surface area contributed by atoms with Gasteiger partial charge in [0.05, 0.1) is 11.4 Å². The third kappa shape index (κ3) is 2.24. The topological polar surface area (TPSA) is 37.8 Å². The van der Waals surface area contributed by atoms with Crippen molar-refractivity contribution in [1.29, 1.82) is 0 Å². The van der Waals surface area contributed by atoms with Crippen LogP contribution in [-0.2, 0) is 13.1 Å². The van der Waals surface area contributed by atoms with Gasteiger partial charge in [0.1, 0.15) is 11.6 Å². The predicted molar refractivity (Wildman–Crippen MR) is 72.1 cm³/mol. The van der Waals surface area contributed by atoms with Crippen LogP contribution in [0.25, 0.3) is 11.3 Å². The zero-order valence-electron chi connectivity index (χ0n) is 11.1. The van der Waals surface area contributed by atoms with E-state index in [9.17, 15) is 4.39 Å². The maximum Gasteiger partial charge on any atom is 0.131 e. The second kappa shape index (κ2) is 4.70. The predicted octanol–water partition coefficient (Wildman–Crippen LogP) is 3.01. The Morgan fingerprint density at radius 3 is 2.53 bits per heavy atom. The van der Waals surface area contributed by atoms with Crippen molar-refractivity contribution in [2.24, 2.45) is 0 Å². The van der Waals surface area contributed by atoms with Crippen LogP contribution < -0.4 is 5.32 Å². The summed E-state index contributed by atoms with van der Waals surface area (Å²) in [6, 6.07) is 6.50. The van der Waals surface area contributed by atoms with Crippen LogP contribution in [-0.4, -0.2) is 9.97 Å². The van der Waals surface area contributed by atoms with Gasteiger partial charge in [-0.1, -0.05) is 13.8 Å². The van der Waals surface area contributed by atoms with Gasteiger partial charge in [-0.25, -0.2) is 14.4 Å². The lowest BCUT2D eigenvalue weighted by molar-refractivity contribution is 0.628. The number of hydrogen-bond acceptors (Lipinski definition) is 3. The van der Waals surface area contributed by atoms with E-state index >= 15 is 0 Å². The molecule has 0 bridgehead atoms. The summed E-state index contributed by atoms with van der Waals surface area (Å²) in [7, 11) is 0. The van der Waals surface area contributed by atoms with E-state index in [4.69, 9.17) is 0 Å². The van der Waals surface area contributed by atoms with E-state index in [0.717, 1.165) is 41.4 Å². The minimum absolute atomic E-state index is 0.225. The van der Waals surface area contributed by atoms with E-state index in [1.54, 1.807) is 12.1 Å². The first-order valence-electron chi connectivity index (χ1n) is 6.51. The molecule has 0 unspecified atom stereocenters. The third-order valence-electron chi connectivity index (χ3n) is 3.34. The standard InChI is InChI=1S/C15H16FN3/c1-9(2)15-18-13-8-17-7-12(13)14(19-15)10-3-5-11(16)6-4-10/h3-6,9,17H,7-8H2,1-2H3. The first-order chi connectivity index (χ1) is 9.15. The molecule has 3 nitrogen and oxygen atoms in total. The van der Waals surface area contributed by atoms with Crippen LogP contribution in [0.5, 0.6) is 0 Å². The van der Waals surface area contributed by atoms with Gasteiger partial charge in [0, 0.05) is 30.1 Å². The number of aromatic nitrogens is 2. The molecular formula is C15H16FN3. The number of rotatable bonds is 2. The van der Waals surface area contributed by atoms with Crippen molar-refractivity contribution in [2.75, 3.05) is 0 Å². The Balaban J connectivity index is 2.16. The Morgan fingerprint density at radius 2 is 1.84 bits per heavy atom. The summed E-state index contributed by atoms with van der Waals surface area (Å²) in [5, 5.41) is 3.30. The highest BCUT2D eigenvalue weighted by Gasteiger charge is 2.20. The summed E-state index contributed by atoms with van der Waals surface area (Å²) in [4.78, 5) is 9.28. The average molecular weight is 257 g/mol. The Morgan fingerprint density at radius 1 is 1.11 bits per heavy atom. The van der Waals surface area contributed by atoms with Crippen molar-refractivity contribution in [3.63, 3.8) is 0 Å². The second-order valence-electron chi connectivity index (χ2n) is 5.12. The van der Waals surface area contributed by atoms with Crippen LogP contribution in [0.1, 0.15) is 36.8 Å². The third-order valence-corrected chi connectivity index (χ3v) is 3.34. The molecule has 2 heterocycles. The van der Waals surface area contributed by atoms with Crippen LogP contribution in [0.3, 0.4) is 0 Å². The maximum atomic E-state index is 13.0. The minimum Gasteiger partial charge on any atom is -0.307 e. The fourth-order valence-corrected chi connectivity index (χ4v) is 2.29. The molecule has 0 spiro atoms. The summed E-state index contributed by atoms with van der Waals surface area (Å²) in [5.74, 6) is 0.906. The highest BCUT2D eigenvalue weighted by Crippen LogP contribution is 2.28. The minimum atomic E-state index is -0.225. The molecule has 98 valence electrons. The van der Waals surface area contributed by atoms with Crippen molar-refractivity contribution in [1.82, 2.24) is 15.3 Å². The van der Waals surface area contributed by atoms with Gasteiger partial charge >= 0.3 is 0 Å². The summed E-state index contributed by atoms with van der Waals surface area (Å²) in [5.41, 5.74) is 4.08. The molecule has 0 amide bonds. The lowest BCUT2D eigenvalue weighted by Gasteiger charge is -2.11. The average Bonchev–Trinajstić information content (AvgIpc) is 2.86. The number of halogens is 1. The fraction of sp³-hybridized carbons (Fsp3) is 0.333. The van der Waals surface area contributed by atoms with Crippen LogP contribution in [0.15, 0.2) is 24.3 Å². The highest BCUT2D eigenvalue weighted by atomic mass is 19.1. The molecule has 0 saturated heterocycles. The van der Waals surface area contributed by atoms with Crippen LogP contribution in [0, 0.1) is 5.82 Å². The van der Waals surface area contributed by atoms with E-state index in [2.05, 4.69) is 29.1 Å². The molecule has 0 atom stereocenters. The van der Waals surface area contributed by atoms with Gasteiger partial charge in [0.15, 0.2) is 0 Å². The number of hydrogen-bond donors (Lipinski definition) is 1. The van der Waals surface area contributed by atoms with E-state index in [0.29, 0.717) is 0 Å². The Kier molecular flexibility index (Phi) is 3.03. The van der Waals surface area contributed by atoms with Gasteiger partial charge in [-0.3, -0.25) is 0 Å². The summed E-state index contributed by atoms with van der Waals surface area (Å²) in [6.45, 7) is 5.73. The summed E-state index contributed by atoms with van der Waals surface area (Å²) >= 11 is 0. The fourth-order valence-electron chi connectivity index (χ4n) is 2.29. The van der Waals surface area contributed by atoms with Crippen molar-refractivity contribution in [2.45, 2.75) is 32.9 Å². The molecule has 0 saturated carbocycles. The smallest absolute Gasteiger partial charge is 0.131 e. The van der Waals surface area contributed by atoms with E-state index in [1.807, 2.05) is 0 Å². The van der Waals surface area contributed by atoms with Crippen molar-refractivity contribution < 1.29 is 4.39 Å². The number of fused-ring (bicyclic) bond motifs is 1. The van der Waals surface area contributed by atoms with Gasteiger partial charge in [0.2, 0.25) is 0 Å². The first-order valence-corrected chi connectivity index (χ1v) is 6.51. The van der Waals surface area contributed by atoms with Crippen molar-refractivity contribution >= 4 is 0 Å². The van der Waals surface area contributed by atoms with E-state index in [1.165, 1.54) is 12.1 Å². The lowest BCUT2D eigenvalue weighted by Crippen LogP contribution is -2.04. The Bertz CT molecular complexity index is 606. The Labute approximate surface area is 111 Å². The molecule has 1 N–H and O–H groups in total. The molecule has 4 heteroatoms. The Hall–Kier alpha value is -1.81. The molecule has 1 aliphatic rings. The maximum absolute atomic E-state index is 13.0. The summed E-state index contributed by atoms with van der Waals surface area (Å²) in [6.07, 6.45) is 0. The quantitative estimate of drug-likeness (QED) is 0.898. The monoisotopic (exact) mass is 257 g/mol. The zero-order valence-corrected chi connectivity index (χ0v) is 11.1. The largest absolute Gasteiger partial charge is 0.307 e. The van der Waals surface area contributed by atoms with Crippen LogP contribution in [0.2, 0.25) is 0 Å². The zero-order chi connectivity index (χ0) is 13.4. The molecular weight excluding hydrogens is 241 g/mol. The molecule has 3 rings (SSSR count). The summed E-state index contributed by atoms with van der Waals surface area (Å²) < 4.78 is 13.0. The molecule has 0 fully saturated rings.